The van der Waals surface area contributed by atoms with Crippen LogP contribution in [0.5, 0.6) is 11.5 Å². The normalized spacial score (nSPS) is 10.5. The molecule has 0 bridgehead atoms. The first-order valence-corrected chi connectivity index (χ1v) is 6.61. The number of para-hydroxylation sites is 1. The Hall–Kier alpha value is -1.41. The first-order valence-electron chi connectivity index (χ1n) is 5.73. The number of hydrogen-bond acceptors (Lipinski definition) is 2. The zero-order valence-corrected chi connectivity index (χ0v) is 10.9. The van der Waals surface area contributed by atoms with Crippen molar-refractivity contribution >= 4 is 11.8 Å². The van der Waals surface area contributed by atoms with Crippen molar-refractivity contribution in [3.8, 4) is 11.5 Å². The Balaban J connectivity index is 2.03. The highest BCUT2D eigenvalue weighted by Gasteiger charge is 2.00. The Labute approximate surface area is 107 Å². The molecule has 88 valence electrons. The minimum Gasteiger partial charge on any atom is -0.457 e. The molecule has 17 heavy (non-hydrogen) atoms. The molecule has 0 N–H and O–H groups in total. The van der Waals surface area contributed by atoms with E-state index in [2.05, 4.69) is 26.0 Å². The van der Waals surface area contributed by atoms with Gasteiger partial charge in [-0.15, -0.1) is 11.8 Å². The third-order valence-electron chi connectivity index (χ3n) is 2.17. The first kappa shape index (κ1) is 12.1. The van der Waals surface area contributed by atoms with Crippen molar-refractivity contribution in [3.63, 3.8) is 0 Å². The fraction of sp³-hybridized carbons (Fsp3) is 0.200. The van der Waals surface area contributed by atoms with Gasteiger partial charge in [0.25, 0.3) is 0 Å². The summed E-state index contributed by atoms with van der Waals surface area (Å²) in [5.41, 5.74) is 0. The van der Waals surface area contributed by atoms with Gasteiger partial charge in [-0.25, -0.2) is 0 Å². The highest BCUT2D eigenvalue weighted by Crippen LogP contribution is 2.27. The van der Waals surface area contributed by atoms with E-state index in [1.165, 1.54) is 4.90 Å². The molecule has 1 nitrogen and oxygen atoms in total. The first-order chi connectivity index (χ1) is 8.24. The molecular formula is C15H16OS. The van der Waals surface area contributed by atoms with Crippen molar-refractivity contribution in [2.24, 2.45) is 0 Å². The Morgan fingerprint density at radius 2 is 1.41 bits per heavy atom. The van der Waals surface area contributed by atoms with Gasteiger partial charge in [0.1, 0.15) is 11.5 Å². The molecule has 0 atom stereocenters. The van der Waals surface area contributed by atoms with Crippen LogP contribution in [0.4, 0.5) is 0 Å². The van der Waals surface area contributed by atoms with Crippen LogP contribution < -0.4 is 4.74 Å². The van der Waals surface area contributed by atoms with Crippen LogP contribution in [0, 0.1) is 0 Å². The molecule has 0 saturated heterocycles. The van der Waals surface area contributed by atoms with Gasteiger partial charge in [-0.05, 0) is 36.4 Å². The van der Waals surface area contributed by atoms with E-state index < -0.39 is 0 Å². The van der Waals surface area contributed by atoms with E-state index in [4.69, 9.17) is 4.74 Å². The van der Waals surface area contributed by atoms with Crippen LogP contribution in [0.2, 0.25) is 0 Å². The average molecular weight is 244 g/mol. The number of benzene rings is 2. The minimum absolute atomic E-state index is 0.607. The van der Waals surface area contributed by atoms with E-state index in [9.17, 15) is 0 Å². The topological polar surface area (TPSA) is 9.23 Å². The lowest BCUT2D eigenvalue weighted by atomic mass is 10.3. The molecule has 0 amide bonds. The summed E-state index contributed by atoms with van der Waals surface area (Å²) in [4.78, 5) is 1.28. The lowest BCUT2D eigenvalue weighted by Crippen LogP contribution is -1.86. The van der Waals surface area contributed by atoms with Gasteiger partial charge in [0.15, 0.2) is 0 Å². The Morgan fingerprint density at radius 1 is 0.824 bits per heavy atom. The second-order valence-electron chi connectivity index (χ2n) is 4.05. The molecule has 0 fully saturated rings. The molecular weight excluding hydrogens is 228 g/mol. The predicted octanol–water partition coefficient (Wildman–Crippen LogP) is 4.98. The molecule has 2 rings (SSSR count). The lowest BCUT2D eigenvalue weighted by molar-refractivity contribution is 0.482. The van der Waals surface area contributed by atoms with Crippen LogP contribution >= 0.6 is 11.8 Å². The maximum absolute atomic E-state index is 5.73. The van der Waals surface area contributed by atoms with Gasteiger partial charge in [0.05, 0.1) is 0 Å². The molecule has 2 aromatic carbocycles. The van der Waals surface area contributed by atoms with Crippen LogP contribution in [0.3, 0.4) is 0 Å². The fourth-order valence-electron chi connectivity index (χ4n) is 1.48. The van der Waals surface area contributed by atoms with E-state index >= 15 is 0 Å². The van der Waals surface area contributed by atoms with E-state index in [1.807, 2.05) is 54.2 Å². The van der Waals surface area contributed by atoms with Crippen LogP contribution in [0.1, 0.15) is 13.8 Å². The van der Waals surface area contributed by atoms with Crippen LogP contribution in [0.25, 0.3) is 0 Å². The highest BCUT2D eigenvalue weighted by atomic mass is 32.2. The number of thioether (sulfide) groups is 1. The molecule has 0 aromatic heterocycles. The van der Waals surface area contributed by atoms with E-state index in [1.54, 1.807) is 0 Å². The van der Waals surface area contributed by atoms with Crippen molar-refractivity contribution < 1.29 is 4.74 Å². The molecule has 2 aromatic rings. The monoisotopic (exact) mass is 244 g/mol. The summed E-state index contributed by atoms with van der Waals surface area (Å²) in [6.07, 6.45) is 0. The molecule has 0 aliphatic rings. The third kappa shape index (κ3) is 3.82. The zero-order chi connectivity index (χ0) is 12.1. The lowest BCUT2D eigenvalue weighted by Gasteiger charge is -2.07. The summed E-state index contributed by atoms with van der Waals surface area (Å²) in [6, 6.07) is 18.1. The Morgan fingerprint density at radius 3 is 2.00 bits per heavy atom. The van der Waals surface area contributed by atoms with Gasteiger partial charge in [-0.1, -0.05) is 32.0 Å². The van der Waals surface area contributed by atoms with Gasteiger partial charge in [0.2, 0.25) is 0 Å². The van der Waals surface area contributed by atoms with Gasteiger partial charge >= 0.3 is 0 Å². The van der Waals surface area contributed by atoms with E-state index in [0.717, 1.165) is 11.5 Å². The molecule has 0 aliphatic heterocycles. The molecule has 0 radical (unpaired) electrons. The standard InChI is InChI=1S/C15H16OS/c1-12(2)17-15-10-8-14(9-11-15)16-13-6-4-3-5-7-13/h3-12H,1-2H3. The summed E-state index contributed by atoms with van der Waals surface area (Å²) >= 11 is 1.86. The van der Waals surface area contributed by atoms with E-state index in [-0.39, 0.29) is 0 Å². The Bertz CT molecular complexity index is 448. The van der Waals surface area contributed by atoms with Crippen molar-refractivity contribution in [2.45, 2.75) is 24.0 Å². The van der Waals surface area contributed by atoms with Crippen LogP contribution in [-0.2, 0) is 0 Å². The van der Waals surface area contributed by atoms with Crippen LogP contribution in [0.15, 0.2) is 59.5 Å². The highest BCUT2D eigenvalue weighted by molar-refractivity contribution is 7.99. The molecule has 0 spiro atoms. The summed E-state index contributed by atoms with van der Waals surface area (Å²) in [5.74, 6) is 1.75. The molecule has 2 heteroatoms. The van der Waals surface area contributed by atoms with Gasteiger partial charge in [-0.3, -0.25) is 0 Å². The van der Waals surface area contributed by atoms with Crippen LogP contribution in [-0.4, -0.2) is 5.25 Å². The average Bonchev–Trinajstić information content (AvgIpc) is 2.32. The Kier molecular flexibility index (Phi) is 4.10. The van der Waals surface area contributed by atoms with E-state index in [0.29, 0.717) is 5.25 Å². The maximum Gasteiger partial charge on any atom is 0.127 e. The largest absolute Gasteiger partial charge is 0.457 e. The second-order valence-corrected chi connectivity index (χ2v) is 5.70. The van der Waals surface area contributed by atoms with Crippen molar-refractivity contribution in [1.82, 2.24) is 0 Å². The smallest absolute Gasteiger partial charge is 0.127 e. The predicted molar refractivity (Wildman–Crippen MR) is 74.0 cm³/mol. The maximum atomic E-state index is 5.73. The molecule has 0 unspecified atom stereocenters. The van der Waals surface area contributed by atoms with Gasteiger partial charge in [0, 0.05) is 10.1 Å². The van der Waals surface area contributed by atoms with Gasteiger partial charge in [-0.2, -0.15) is 0 Å². The van der Waals surface area contributed by atoms with Crippen molar-refractivity contribution in [1.29, 1.82) is 0 Å². The fourth-order valence-corrected chi connectivity index (χ4v) is 2.32. The second kappa shape index (κ2) is 5.78. The summed E-state index contributed by atoms with van der Waals surface area (Å²) in [6.45, 7) is 4.39. The minimum atomic E-state index is 0.607. The molecule has 0 saturated carbocycles. The molecule has 0 aliphatic carbocycles. The zero-order valence-electron chi connectivity index (χ0n) is 10.1. The number of rotatable bonds is 4. The quantitative estimate of drug-likeness (QED) is 0.701. The summed E-state index contributed by atoms with van der Waals surface area (Å²) < 4.78 is 5.73. The number of ether oxygens (including phenoxy) is 1. The van der Waals surface area contributed by atoms with Gasteiger partial charge < -0.3 is 4.74 Å². The summed E-state index contributed by atoms with van der Waals surface area (Å²) in [7, 11) is 0. The van der Waals surface area contributed by atoms with Crippen molar-refractivity contribution in [2.75, 3.05) is 0 Å². The SMILES string of the molecule is CC(C)Sc1ccc(Oc2ccccc2)cc1. The number of hydrogen-bond donors (Lipinski definition) is 0. The molecule has 0 heterocycles. The van der Waals surface area contributed by atoms with Crippen molar-refractivity contribution in [3.05, 3.63) is 54.6 Å². The third-order valence-corrected chi connectivity index (χ3v) is 3.19. The summed E-state index contributed by atoms with van der Waals surface area (Å²) in [5, 5.41) is 0.607.